The Kier molecular flexibility index (Phi) is 8.94. The number of likely N-dealkylation sites (tertiary alicyclic amines) is 1. The van der Waals surface area contributed by atoms with Gasteiger partial charge in [0.2, 0.25) is 11.8 Å². The van der Waals surface area contributed by atoms with Gasteiger partial charge in [-0.2, -0.15) is 0 Å². The molecule has 0 spiro atoms. The lowest BCUT2D eigenvalue weighted by molar-refractivity contribution is -0.138. The van der Waals surface area contributed by atoms with E-state index in [4.69, 9.17) is 32.7 Å². The molecule has 2 aliphatic heterocycles. The zero-order chi connectivity index (χ0) is 35.7. The molecule has 2 aliphatic carbocycles. The summed E-state index contributed by atoms with van der Waals surface area (Å²) in [5.74, 6) is -4.31. The molecule has 0 aromatic heterocycles. The van der Waals surface area contributed by atoms with Crippen molar-refractivity contribution in [3.05, 3.63) is 93.5 Å². The van der Waals surface area contributed by atoms with Crippen LogP contribution in [-0.4, -0.2) is 63.1 Å². The number of benzene rings is 3. The molecule has 50 heavy (non-hydrogen) atoms. The quantitative estimate of drug-likeness (QED) is 0.0877. The third-order valence-electron chi connectivity index (χ3n) is 10.4. The Morgan fingerprint density at radius 1 is 0.920 bits per heavy atom. The van der Waals surface area contributed by atoms with Crippen LogP contribution >= 0.6 is 55.1 Å². The number of carbonyl (C=O) groups is 4. The number of carbonyl (C=O) groups excluding carboxylic acids is 4. The molecule has 1 N–H and O–H groups in total. The molecule has 9 nitrogen and oxygen atoms in total. The van der Waals surface area contributed by atoms with Gasteiger partial charge in [-0.25, -0.2) is 0 Å². The van der Waals surface area contributed by atoms with Gasteiger partial charge in [0.25, 0.3) is 11.8 Å². The molecule has 258 valence electrons. The number of alkyl halides is 3. The SMILES string of the molecule is COc1ccc(OC)c(C=Cc2ccc(N3C(=O)[C@H]4[C@H](CC=C5[C@H]4C[C@@]4(Cl)C(=O)N(CBr)C(=O)[C@@]4(Cl)[C@H]5c4cc(Br)ccc4O)C3=O)cc2)c1. The molecule has 0 unspecified atom stereocenters. The third-order valence-corrected chi connectivity index (χ3v) is 12.8. The molecule has 2 heterocycles. The maximum absolute atomic E-state index is 14.4. The van der Waals surface area contributed by atoms with Gasteiger partial charge in [0.05, 0.1) is 37.2 Å². The number of fused-ring (bicyclic) bond motifs is 4. The first kappa shape index (κ1) is 34.8. The Hall–Kier alpha value is -3.64. The Labute approximate surface area is 315 Å². The van der Waals surface area contributed by atoms with Crippen LogP contribution in [0.1, 0.15) is 35.4 Å². The van der Waals surface area contributed by atoms with Crippen molar-refractivity contribution < 1.29 is 33.8 Å². The van der Waals surface area contributed by atoms with E-state index in [1.54, 1.807) is 38.5 Å². The fourth-order valence-electron chi connectivity index (χ4n) is 8.00. The number of rotatable bonds is 7. The zero-order valence-electron chi connectivity index (χ0n) is 26.7. The summed E-state index contributed by atoms with van der Waals surface area (Å²) < 4.78 is 11.4. The highest BCUT2D eigenvalue weighted by molar-refractivity contribution is 9.10. The number of amides is 4. The second kappa shape index (κ2) is 12.8. The van der Waals surface area contributed by atoms with Crippen molar-refractivity contribution in [1.29, 1.82) is 0 Å². The Morgan fingerprint density at radius 2 is 1.66 bits per heavy atom. The standard InChI is InChI=1S/C37H30Br2Cl2N2O7/c1-49-23-10-14-29(50-2)20(15-23)6-3-19-4-8-22(9-5-19)43-32(45)25-12-11-24-27(30(25)33(43)46)17-36(40)34(47)42(18-38)35(48)37(36,41)31(24)26-16-21(39)7-13-28(26)44/h3-11,13-16,25,27,30-31,44H,12,17-18H2,1-2H3/t25-,27+,30-,31+,36+,37-/m0/s1. The van der Waals surface area contributed by atoms with E-state index in [9.17, 15) is 24.3 Å². The van der Waals surface area contributed by atoms with E-state index < -0.39 is 51.1 Å². The monoisotopic (exact) mass is 842 g/mol. The summed E-state index contributed by atoms with van der Waals surface area (Å²) in [5, 5.41) is 11.1. The maximum atomic E-state index is 14.4. The van der Waals surface area contributed by atoms with Gasteiger partial charge in [-0.05, 0) is 72.9 Å². The van der Waals surface area contributed by atoms with E-state index >= 15 is 0 Å². The Balaban J connectivity index is 1.24. The minimum Gasteiger partial charge on any atom is -0.508 e. The van der Waals surface area contributed by atoms with Crippen molar-refractivity contribution in [1.82, 2.24) is 4.90 Å². The minimum atomic E-state index is -2.00. The molecule has 0 radical (unpaired) electrons. The molecule has 13 heteroatoms. The molecule has 4 aliphatic rings. The third kappa shape index (κ3) is 5.06. The number of methoxy groups -OCH3 is 2. The van der Waals surface area contributed by atoms with Crippen molar-refractivity contribution >= 4 is 96.5 Å². The second-order valence-corrected chi connectivity index (χ2v) is 15.4. The van der Waals surface area contributed by atoms with Gasteiger partial charge in [0, 0.05) is 21.5 Å². The van der Waals surface area contributed by atoms with Gasteiger partial charge in [-0.1, -0.05) is 67.8 Å². The van der Waals surface area contributed by atoms with Crippen molar-refractivity contribution in [2.75, 3.05) is 24.6 Å². The molecule has 3 aromatic carbocycles. The normalized spacial score (nSPS) is 28.9. The first-order valence-corrected chi connectivity index (χ1v) is 18.4. The topological polar surface area (TPSA) is 113 Å². The maximum Gasteiger partial charge on any atom is 0.254 e. The summed E-state index contributed by atoms with van der Waals surface area (Å²) >= 11 is 21.2. The molecule has 3 aromatic rings. The lowest BCUT2D eigenvalue weighted by Crippen LogP contribution is -2.60. The van der Waals surface area contributed by atoms with Gasteiger partial charge in [0.15, 0.2) is 9.75 Å². The number of aromatic hydroxyl groups is 1. The highest BCUT2D eigenvalue weighted by Crippen LogP contribution is 2.66. The van der Waals surface area contributed by atoms with E-state index in [-0.39, 0.29) is 35.5 Å². The number of halogens is 4. The summed E-state index contributed by atoms with van der Waals surface area (Å²) in [7, 11) is 3.18. The van der Waals surface area contributed by atoms with Crippen LogP contribution in [0.4, 0.5) is 5.69 Å². The van der Waals surface area contributed by atoms with Crippen LogP contribution < -0.4 is 14.4 Å². The average molecular weight is 845 g/mol. The summed E-state index contributed by atoms with van der Waals surface area (Å²) in [5.41, 5.74) is 2.80. The van der Waals surface area contributed by atoms with Gasteiger partial charge < -0.3 is 14.6 Å². The van der Waals surface area contributed by atoms with Crippen LogP contribution in [-0.2, 0) is 19.2 Å². The van der Waals surface area contributed by atoms with E-state index in [0.717, 1.165) is 16.0 Å². The molecule has 3 fully saturated rings. The summed E-state index contributed by atoms with van der Waals surface area (Å²) in [6.45, 7) is 0. The van der Waals surface area contributed by atoms with Gasteiger partial charge in [0.1, 0.15) is 17.2 Å². The molecular weight excluding hydrogens is 815 g/mol. The number of ether oxygens (including phenoxy) is 2. The number of imide groups is 2. The van der Waals surface area contributed by atoms with E-state index in [1.165, 1.54) is 11.0 Å². The Bertz CT molecular complexity index is 2020. The van der Waals surface area contributed by atoms with Crippen LogP contribution in [0.3, 0.4) is 0 Å². The Morgan fingerprint density at radius 3 is 2.34 bits per heavy atom. The second-order valence-electron chi connectivity index (χ2n) is 12.7. The predicted molar refractivity (Wildman–Crippen MR) is 197 cm³/mol. The number of nitrogens with zero attached hydrogens (tertiary/aromatic N) is 2. The molecule has 0 bridgehead atoms. The van der Waals surface area contributed by atoms with Crippen molar-refractivity contribution in [2.24, 2.45) is 17.8 Å². The van der Waals surface area contributed by atoms with E-state index in [1.807, 2.05) is 48.6 Å². The largest absolute Gasteiger partial charge is 0.508 e. The predicted octanol–water partition coefficient (Wildman–Crippen LogP) is 7.26. The van der Waals surface area contributed by atoms with Gasteiger partial charge in [-0.3, -0.25) is 29.0 Å². The van der Waals surface area contributed by atoms with Crippen molar-refractivity contribution in [2.45, 2.75) is 28.5 Å². The summed E-state index contributed by atoms with van der Waals surface area (Å²) in [4.78, 5) is 54.4. The van der Waals surface area contributed by atoms with Crippen LogP contribution in [0.15, 0.2) is 76.8 Å². The van der Waals surface area contributed by atoms with Gasteiger partial charge in [-0.15, -0.1) is 23.2 Å². The average Bonchev–Trinajstić information content (AvgIpc) is 3.45. The molecule has 2 saturated heterocycles. The van der Waals surface area contributed by atoms with Crippen LogP contribution in [0.5, 0.6) is 17.2 Å². The fraction of sp³-hybridized carbons (Fsp3) is 0.297. The van der Waals surface area contributed by atoms with Crippen LogP contribution in [0, 0.1) is 17.8 Å². The lowest BCUT2D eigenvalue weighted by Gasteiger charge is -2.50. The molecule has 6 atom stereocenters. The lowest BCUT2D eigenvalue weighted by atomic mass is 9.56. The molecule has 4 amide bonds. The highest BCUT2D eigenvalue weighted by atomic mass is 79.9. The van der Waals surface area contributed by atoms with E-state index in [2.05, 4.69) is 31.9 Å². The molecular formula is C37H30Br2Cl2N2O7. The number of phenolic OH excluding ortho intramolecular Hbond substituents is 1. The number of hydrogen-bond donors (Lipinski definition) is 1. The highest BCUT2D eigenvalue weighted by Gasteiger charge is 2.76. The molecule has 7 rings (SSSR count). The minimum absolute atomic E-state index is 0.135. The first-order valence-electron chi connectivity index (χ1n) is 15.8. The van der Waals surface area contributed by atoms with E-state index in [0.29, 0.717) is 27.2 Å². The van der Waals surface area contributed by atoms with Crippen LogP contribution in [0.25, 0.3) is 12.2 Å². The summed E-state index contributed by atoms with van der Waals surface area (Å²) in [6.07, 6.45) is 5.67. The van der Waals surface area contributed by atoms with Gasteiger partial charge >= 0.3 is 0 Å². The first-order chi connectivity index (χ1) is 23.9. The summed E-state index contributed by atoms with van der Waals surface area (Å²) in [6, 6.07) is 17.3. The number of phenols is 1. The van der Waals surface area contributed by atoms with Crippen molar-refractivity contribution in [3.8, 4) is 17.2 Å². The van der Waals surface area contributed by atoms with Crippen LogP contribution in [0.2, 0.25) is 0 Å². The smallest absolute Gasteiger partial charge is 0.254 e. The number of anilines is 1. The molecule has 1 saturated carbocycles. The fourth-order valence-corrected chi connectivity index (χ4v) is 9.80. The van der Waals surface area contributed by atoms with Crippen molar-refractivity contribution in [3.63, 3.8) is 0 Å². The number of allylic oxidation sites excluding steroid dienone is 2. The zero-order valence-corrected chi connectivity index (χ0v) is 31.4. The number of hydrogen-bond acceptors (Lipinski definition) is 7.